The number of fused-ring (bicyclic) bond motifs is 1. The number of piperidine rings is 1. The van der Waals surface area contributed by atoms with Crippen LogP contribution in [0.5, 0.6) is 5.75 Å². The second-order valence-corrected chi connectivity index (χ2v) is 9.51. The van der Waals surface area contributed by atoms with E-state index in [1.165, 1.54) is 11.3 Å². The molecule has 8 nitrogen and oxygen atoms in total. The number of hydrogen-bond acceptors (Lipinski definition) is 8. The van der Waals surface area contributed by atoms with Crippen LogP contribution in [0.1, 0.15) is 40.3 Å². The summed E-state index contributed by atoms with van der Waals surface area (Å²) in [4.78, 5) is 17.0. The Kier molecular flexibility index (Phi) is 6.45. The van der Waals surface area contributed by atoms with Gasteiger partial charge in [0, 0.05) is 29.1 Å². The molecule has 0 aliphatic carbocycles. The Bertz CT molecular complexity index is 1270. The highest BCUT2D eigenvalue weighted by Crippen LogP contribution is 2.28. The molecule has 0 unspecified atom stereocenters. The highest BCUT2D eigenvalue weighted by atomic mass is 35.5. The molecule has 1 saturated heterocycles. The smallest absolute Gasteiger partial charge is 0.294 e. The highest BCUT2D eigenvalue weighted by molar-refractivity contribution is 7.20. The molecule has 1 amide bonds. The van der Waals surface area contributed by atoms with E-state index in [2.05, 4.69) is 20.6 Å². The summed E-state index contributed by atoms with van der Waals surface area (Å²) in [5.41, 5.74) is 3.67. The molecule has 0 atom stereocenters. The average Bonchev–Trinajstić information content (AvgIpc) is 3.46. The van der Waals surface area contributed by atoms with Crippen molar-refractivity contribution >= 4 is 50.7 Å². The number of nitrogens with one attached hydrogen (secondary N) is 1. The number of nitrogens with zero attached hydrogens (tertiary/aromatic N) is 4. The van der Waals surface area contributed by atoms with Crippen molar-refractivity contribution in [3.8, 4) is 5.75 Å². The van der Waals surface area contributed by atoms with Gasteiger partial charge in [0.15, 0.2) is 11.6 Å². The second-order valence-electron chi connectivity index (χ2n) is 7.61. The van der Waals surface area contributed by atoms with Crippen LogP contribution in [-0.4, -0.2) is 39.2 Å². The summed E-state index contributed by atoms with van der Waals surface area (Å²) in [5, 5.41) is 11.8. The Morgan fingerprint density at radius 1 is 1.12 bits per heavy atom. The van der Waals surface area contributed by atoms with Gasteiger partial charge in [-0.25, -0.2) is 9.99 Å². The summed E-state index contributed by atoms with van der Waals surface area (Å²) < 4.78 is 12.4. The minimum Gasteiger partial charge on any atom is -0.484 e. The van der Waals surface area contributed by atoms with Crippen molar-refractivity contribution in [3.05, 3.63) is 69.3 Å². The molecule has 0 bridgehead atoms. The maximum atomic E-state index is 12.6. The summed E-state index contributed by atoms with van der Waals surface area (Å²) in [5.74, 6) is 1.62. The number of benzene rings is 2. The predicted octanol–water partition coefficient (Wildman–Crippen LogP) is 5.09. The van der Waals surface area contributed by atoms with Crippen molar-refractivity contribution in [2.75, 3.05) is 13.1 Å². The van der Waals surface area contributed by atoms with Crippen LogP contribution in [0.25, 0.3) is 10.2 Å². The minimum atomic E-state index is -0.217. The molecular weight excluding hydrogens is 485 g/mol. The molecule has 1 aliphatic heterocycles. The Hall–Kier alpha value is -2.72. The van der Waals surface area contributed by atoms with Crippen molar-refractivity contribution in [2.45, 2.75) is 25.4 Å². The molecule has 2 aromatic heterocycles. The molecule has 11 heteroatoms. The van der Waals surface area contributed by atoms with Gasteiger partial charge in [0.05, 0.1) is 10.2 Å². The fraction of sp³-hybridized carbons (Fsp3) is 0.273. The summed E-state index contributed by atoms with van der Waals surface area (Å²) >= 11 is 13.2. The summed E-state index contributed by atoms with van der Waals surface area (Å²) in [7, 11) is 0. The minimum absolute atomic E-state index is 0.138. The topological polar surface area (TPSA) is 93.4 Å². The Balaban J connectivity index is 1.12. The van der Waals surface area contributed by atoms with Gasteiger partial charge in [-0.1, -0.05) is 23.2 Å². The maximum Gasteiger partial charge on any atom is 0.294 e. The van der Waals surface area contributed by atoms with E-state index in [0.29, 0.717) is 45.7 Å². The standard InChI is InChI=1S/C22H19Cl2N5O3S/c23-14-1-4-16(5-2-14)31-12-19-26-27-21(32-19)13-7-9-29(10-8-13)28-20(30)22-25-17-11-15(24)3-6-18(17)33-22/h1-6,11,13H,7-10,12H2,(H,28,30). The number of ether oxygens (including phenoxy) is 1. The van der Waals surface area contributed by atoms with E-state index in [4.69, 9.17) is 32.4 Å². The lowest BCUT2D eigenvalue weighted by Crippen LogP contribution is -2.46. The van der Waals surface area contributed by atoms with E-state index < -0.39 is 0 Å². The van der Waals surface area contributed by atoms with Gasteiger partial charge >= 0.3 is 0 Å². The van der Waals surface area contributed by atoms with E-state index in [9.17, 15) is 4.79 Å². The Morgan fingerprint density at radius 2 is 1.88 bits per heavy atom. The first-order valence-corrected chi connectivity index (χ1v) is 11.9. The second kappa shape index (κ2) is 9.64. The van der Waals surface area contributed by atoms with Crippen LogP contribution in [-0.2, 0) is 6.61 Å². The first-order chi connectivity index (χ1) is 16.0. The number of hydrazine groups is 1. The van der Waals surface area contributed by atoms with Gasteiger partial charge in [-0.3, -0.25) is 10.2 Å². The summed E-state index contributed by atoms with van der Waals surface area (Å²) in [6.45, 7) is 1.54. The van der Waals surface area contributed by atoms with E-state index in [-0.39, 0.29) is 18.4 Å². The number of amides is 1. The van der Waals surface area contributed by atoms with Gasteiger partial charge in [-0.2, -0.15) is 0 Å². The van der Waals surface area contributed by atoms with Crippen molar-refractivity contribution < 1.29 is 13.9 Å². The van der Waals surface area contributed by atoms with Crippen molar-refractivity contribution in [1.82, 2.24) is 25.6 Å². The number of carbonyl (C=O) groups is 1. The monoisotopic (exact) mass is 503 g/mol. The number of aromatic nitrogens is 3. The number of halogens is 2. The third kappa shape index (κ3) is 5.27. The van der Waals surface area contributed by atoms with Crippen LogP contribution in [0, 0.1) is 0 Å². The van der Waals surface area contributed by atoms with Crippen molar-refractivity contribution in [1.29, 1.82) is 0 Å². The molecule has 3 heterocycles. The zero-order valence-electron chi connectivity index (χ0n) is 17.3. The van der Waals surface area contributed by atoms with Crippen LogP contribution in [0.4, 0.5) is 0 Å². The van der Waals surface area contributed by atoms with E-state index >= 15 is 0 Å². The highest BCUT2D eigenvalue weighted by Gasteiger charge is 2.26. The molecule has 0 spiro atoms. The number of thiazole rings is 1. The molecule has 0 radical (unpaired) electrons. The normalized spacial score (nSPS) is 15.1. The van der Waals surface area contributed by atoms with Gasteiger partial charge in [0.25, 0.3) is 11.8 Å². The Labute approximate surface area is 203 Å². The summed E-state index contributed by atoms with van der Waals surface area (Å²) in [6, 6.07) is 12.5. The lowest BCUT2D eigenvalue weighted by Gasteiger charge is -2.30. The molecule has 5 rings (SSSR count). The van der Waals surface area contributed by atoms with Gasteiger partial charge in [-0.15, -0.1) is 21.5 Å². The lowest BCUT2D eigenvalue weighted by molar-refractivity contribution is 0.0725. The molecule has 1 N–H and O–H groups in total. The molecule has 0 saturated carbocycles. The molecule has 1 aliphatic rings. The van der Waals surface area contributed by atoms with Crippen LogP contribution < -0.4 is 10.2 Å². The van der Waals surface area contributed by atoms with Crippen molar-refractivity contribution in [3.63, 3.8) is 0 Å². The lowest BCUT2D eigenvalue weighted by atomic mass is 9.98. The largest absolute Gasteiger partial charge is 0.484 e. The Morgan fingerprint density at radius 3 is 2.67 bits per heavy atom. The third-order valence-corrected chi connectivity index (χ3v) is 6.83. The fourth-order valence-electron chi connectivity index (χ4n) is 3.59. The number of rotatable bonds is 6. The first kappa shape index (κ1) is 22.1. The van der Waals surface area contributed by atoms with Crippen LogP contribution in [0.3, 0.4) is 0 Å². The van der Waals surface area contributed by atoms with Gasteiger partial charge in [0.1, 0.15) is 5.75 Å². The molecule has 33 heavy (non-hydrogen) atoms. The summed E-state index contributed by atoms with van der Waals surface area (Å²) in [6.07, 6.45) is 1.57. The maximum absolute atomic E-state index is 12.6. The third-order valence-electron chi connectivity index (χ3n) is 5.31. The SMILES string of the molecule is O=C(NN1CCC(c2nnc(COc3ccc(Cl)cc3)o2)CC1)c1nc2cc(Cl)ccc2s1. The van der Waals surface area contributed by atoms with Gasteiger partial charge in [0.2, 0.25) is 5.89 Å². The molecule has 4 aromatic rings. The molecular formula is C22H19Cl2N5O3S. The van der Waals surface area contributed by atoms with Gasteiger partial charge in [-0.05, 0) is 55.3 Å². The zero-order valence-corrected chi connectivity index (χ0v) is 19.7. The number of hydrogen-bond donors (Lipinski definition) is 1. The van der Waals surface area contributed by atoms with E-state index in [0.717, 1.165) is 23.1 Å². The van der Waals surface area contributed by atoms with E-state index in [1.54, 1.807) is 36.4 Å². The quantitative estimate of drug-likeness (QED) is 0.391. The van der Waals surface area contributed by atoms with Crippen LogP contribution in [0.15, 0.2) is 46.9 Å². The molecule has 1 fully saturated rings. The fourth-order valence-corrected chi connectivity index (χ4v) is 4.72. The predicted molar refractivity (Wildman–Crippen MR) is 126 cm³/mol. The van der Waals surface area contributed by atoms with Crippen LogP contribution >= 0.6 is 34.5 Å². The molecule has 170 valence electrons. The average molecular weight is 504 g/mol. The first-order valence-electron chi connectivity index (χ1n) is 10.4. The van der Waals surface area contributed by atoms with Crippen LogP contribution in [0.2, 0.25) is 10.0 Å². The van der Waals surface area contributed by atoms with E-state index in [1.807, 2.05) is 11.1 Å². The number of carbonyl (C=O) groups excluding carboxylic acids is 1. The van der Waals surface area contributed by atoms with Gasteiger partial charge < -0.3 is 9.15 Å². The zero-order chi connectivity index (χ0) is 22.8. The molecule has 2 aromatic carbocycles. The van der Waals surface area contributed by atoms with Crippen molar-refractivity contribution in [2.24, 2.45) is 0 Å².